The SMILES string of the molecule is Cc1c(C(=O)O)cnn1C1CCN(C(=O)c2cccc(-n3ccnn3)c2)CC1. The fourth-order valence-electron chi connectivity index (χ4n) is 3.62. The number of benzene rings is 1. The van der Waals surface area contributed by atoms with Gasteiger partial charge in [-0.05, 0) is 38.0 Å². The van der Waals surface area contributed by atoms with Crippen LogP contribution >= 0.6 is 0 Å². The van der Waals surface area contributed by atoms with Crippen molar-refractivity contribution in [2.75, 3.05) is 13.1 Å². The minimum atomic E-state index is -0.969. The van der Waals surface area contributed by atoms with Crippen LogP contribution in [0.25, 0.3) is 5.69 Å². The number of carboxylic acids is 1. The number of nitrogens with zero attached hydrogens (tertiary/aromatic N) is 6. The normalized spacial score (nSPS) is 15.0. The molecule has 0 atom stereocenters. The molecule has 0 saturated carbocycles. The van der Waals surface area contributed by atoms with Crippen molar-refractivity contribution in [3.8, 4) is 5.69 Å². The predicted octanol–water partition coefficient (Wildman–Crippen LogP) is 1.95. The number of carbonyl (C=O) groups is 2. The lowest BCUT2D eigenvalue weighted by atomic mass is 10.0. The number of piperidine rings is 1. The van der Waals surface area contributed by atoms with Crippen LogP contribution in [0.5, 0.6) is 0 Å². The Morgan fingerprint density at radius 1 is 1.21 bits per heavy atom. The summed E-state index contributed by atoms with van der Waals surface area (Å²) in [4.78, 5) is 25.9. The van der Waals surface area contributed by atoms with E-state index in [2.05, 4.69) is 15.4 Å². The van der Waals surface area contributed by atoms with Gasteiger partial charge in [-0.3, -0.25) is 9.48 Å². The Kier molecular flexibility index (Phi) is 4.64. The van der Waals surface area contributed by atoms with Crippen LogP contribution in [-0.2, 0) is 0 Å². The van der Waals surface area contributed by atoms with Gasteiger partial charge in [0.2, 0.25) is 0 Å². The Morgan fingerprint density at radius 2 is 2.00 bits per heavy atom. The van der Waals surface area contributed by atoms with Gasteiger partial charge in [-0.25, -0.2) is 9.48 Å². The fourth-order valence-corrected chi connectivity index (χ4v) is 3.62. The average Bonchev–Trinajstić information content (AvgIpc) is 3.38. The molecule has 1 N–H and O–H groups in total. The van der Waals surface area contributed by atoms with Gasteiger partial charge in [0.15, 0.2) is 0 Å². The first-order valence-electron chi connectivity index (χ1n) is 9.08. The molecule has 9 nitrogen and oxygen atoms in total. The van der Waals surface area contributed by atoms with Gasteiger partial charge < -0.3 is 10.0 Å². The molecule has 0 spiro atoms. The summed E-state index contributed by atoms with van der Waals surface area (Å²) < 4.78 is 3.39. The van der Waals surface area contributed by atoms with Crippen LogP contribution < -0.4 is 0 Å². The molecule has 1 aliphatic heterocycles. The molecule has 28 heavy (non-hydrogen) atoms. The van der Waals surface area contributed by atoms with E-state index in [9.17, 15) is 14.7 Å². The van der Waals surface area contributed by atoms with Gasteiger partial charge in [-0.15, -0.1) is 5.10 Å². The first-order chi connectivity index (χ1) is 13.5. The highest BCUT2D eigenvalue weighted by atomic mass is 16.4. The maximum atomic E-state index is 12.9. The van der Waals surface area contributed by atoms with E-state index in [-0.39, 0.29) is 17.5 Å². The zero-order chi connectivity index (χ0) is 19.7. The average molecular weight is 380 g/mol. The standard InChI is InChI=1S/C19H20N6O3/c1-13-17(19(27)28)12-21-25(13)15-5-8-23(9-6-15)18(26)14-3-2-4-16(11-14)24-10-7-20-22-24/h2-4,7,10-12,15H,5-6,8-9H2,1H3,(H,27,28). The minimum absolute atomic E-state index is 0.0242. The Bertz CT molecular complexity index is 1000. The molecule has 2 aromatic heterocycles. The monoisotopic (exact) mass is 380 g/mol. The second-order valence-corrected chi connectivity index (χ2v) is 6.81. The van der Waals surface area contributed by atoms with E-state index < -0.39 is 5.97 Å². The lowest BCUT2D eigenvalue weighted by Gasteiger charge is -2.32. The molecule has 0 bridgehead atoms. The van der Waals surface area contributed by atoms with Crippen LogP contribution in [0.15, 0.2) is 42.9 Å². The van der Waals surface area contributed by atoms with E-state index in [1.807, 2.05) is 17.0 Å². The maximum Gasteiger partial charge on any atom is 0.339 e. The first-order valence-corrected chi connectivity index (χ1v) is 9.08. The van der Waals surface area contributed by atoms with E-state index in [4.69, 9.17) is 0 Å². The molecule has 3 aromatic rings. The number of carbonyl (C=O) groups excluding carboxylic acids is 1. The van der Waals surface area contributed by atoms with Gasteiger partial charge in [0, 0.05) is 18.7 Å². The summed E-state index contributed by atoms with van der Waals surface area (Å²) in [5.41, 5.74) is 2.27. The molecule has 4 rings (SSSR count). The summed E-state index contributed by atoms with van der Waals surface area (Å²) in [5.74, 6) is -0.993. The van der Waals surface area contributed by atoms with Gasteiger partial charge in [0.05, 0.1) is 36.0 Å². The first kappa shape index (κ1) is 17.9. The largest absolute Gasteiger partial charge is 0.478 e. The second-order valence-electron chi connectivity index (χ2n) is 6.81. The maximum absolute atomic E-state index is 12.9. The number of hydrogen-bond acceptors (Lipinski definition) is 5. The van der Waals surface area contributed by atoms with Gasteiger partial charge in [0.1, 0.15) is 5.56 Å². The van der Waals surface area contributed by atoms with Gasteiger partial charge in [0.25, 0.3) is 5.91 Å². The Labute approximate surface area is 161 Å². The summed E-state index contributed by atoms with van der Waals surface area (Å²) in [6, 6.07) is 7.40. The molecule has 1 saturated heterocycles. The lowest BCUT2D eigenvalue weighted by Crippen LogP contribution is -2.39. The molecule has 0 radical (unpaired) electrons. The van der Waals surface area contributed by atoms with Crippen molar-refractivity contribution in [3.63, 3.8) is 0 Å². The van der Waals surface area contributed by atoms with Gasteiger partial charge in [-0.1, -0.05) is 11.3 Å². The third-order valence-electron chi connectivity index (χ3n) is 5.15. The predicted molar refractivity (Wildman–Crippen MR) is 99.5 cm³/mol. The second kappa shape index (κ2) is 7.26. The highest BCUT2D eigenvalue weighted by molar-refractivity contribution is 5.94. The highest BCUT2D eigenvalue weighted by Gasteiger charge is 2.27. The molecule has 9 heteroatoms. The third-order valence-corrected chi connectivity index (χ3v) is 5.15. The number of rotatable bonds is 4. The van der Waals surface area contributed by atoms with E-state index in [0.29, 0.717) is 24.3 Å². The summed E-state index contributed by atoms with van der Waals surface area (Å²) in [5, 5.41) is 21.2. The lowest BCUT2D eigenvalue weighted by molar-refractivity contribution is 0.0688. The fraction of sp³-hybridized carbons (Fsp3) is 0.316. The van der Waals surface area contributed by atoms with Crippen LogP contribution in [0.3, 0.4) is 0 Å². The van der Waals surface area contributed by atoms with Crippen LogP contribution in [0.4, 0.5) is 0 Å². The van der Waals surface area contributed by atoms with Crippen LogP contribution in [0.1, 0.15) is 45.3 Å². The third kappa shape index (κ3) is 3.26. The zero-order valence-electron chi connectivity index (χ0n) is 15.4. The summed E-state index contributed by atoms with van der Waals surface area (Å²) in [6.07, 6.45) is 6.18. The van der Waals surface area contributed by atoms with Crippen molar-refractivity contribution in [3.05, 3.63) is 59.7 Å². The molecule has 1 fully saturated rings. The summed E-state index contributed by atoms with van der Waals surface area (Å²) in [7, 11) is 0. The molecule has 1 aliphatic rings. The Balaban J connectivity index is 1.45. The van der Waals surface area contributed by atoms with Crippen molar-refractivity contribution in [2.45, 2.75) is 25.8 Å². The van der Waals surface area contributed by atoms with Crippen LogP contribution in [0, 0.1) is 6.92 Å². The molecule has 1 amide bonds. The molecule has 1 aromatic carbocycles. The molecule has 144 valence electrons. The van der Waals surface area contributed by atoms with Crippen molar-refractivity contribution < 1.29 is 14.7 Å². The summed E-state index contributed by atoms with van der Waals surface area (Å²) in [6.45, 7) is 2.96. The van der Waals surface area contributed by atoms with Crippen molar-refractivity contribution in [1.82, 2.24) is 29.7 Å². The van der Waals surface area contributed by atoms with Crippen LogP contribution in [-0.4, -0.2) is 59.7 Å². The number of likely N-dealkylation sites (tertiary alicyclic amines) is 1. The number of amides is 1. The van der Waals surface area contributed by atoms with E-state index >= 15 is 0 Å². The number of aromatic nitrogens is 5. The Morgan fingerprint density at radius 3 is 2.64 bits per heavy atom. The van der Waals surface area contributed by atoms with Crippen LogP contribution in [0.2, 0.25) is 0 Å². The molecule has 3 heterocycles. The number of hydrogen-bond donors (Lipinski definition) is 1. The molecule has 0 aliphatic carbocycles. The topological polar surface area (TPSA) is 106 Å². The smallest absolute Gasteiger partial charge is 0.339 e. The zero-order valence-corrected chi connectivity index (χ0v) is 15.4. The van der Waals surface area contributed by atoms with E-state index in [1.165, 1.54) is 6.20 Å². The quantitative estimate of drug-likeness (QED) is 0.741. The molecule has 0 unspecified atom stereocenters. The number of aromatic carboxylic acids is 1. The van der Waals surface area contributed by atoms with Gasteiger partial charge >= 0.3 is 5.97 Å². The number of carboxylic acid groups (broad SMARTS) is 1. The van der Waals surface area contributed by atoms with Crippen molar-refractivity contribution in [2.24, 2.45) is 0 Å². The highest BCUT2D eigenvalue weighted by Crippen LogP contribution is 2.25. The van der Waals surface area contributed by atoms with E-state index in [1.54, 1.807) is 40.8 Å². The van der Waals surface area contributed by atoms with Crippen molar-refractivity contribution >= 4 is 11.9 Å². The van der Waals surface area contributed by atoms with E-state index in [0.717, 1.165) is 18.5 Å². The summed E-state index contributed by atoms with van der Waals surface area (Å²) >= 11 is 0. The molecular formula is C19H20N6O3. The van der Waals surface area contributed by atoms with Crippen molar-refractivity contribution in [1.29, 1.82) is 0 Å². The Hall–Kier alpha value is -3.49. The molecular weight excluding hydrogens is 360 g/mol. The minimum Gasteiger partial charge on any atom is -0.478 e. The van der Waals surface area contributed by atoms with Gasteiger partial charge in [-0.2, -0.15) is 5.10 Å².